The van der Waals surface area contributed by atoms with Crippen molar-refractivity contribution in [2.24, 2.45) is 0 Å². The summed E-state index contributed by atoms with van der Waals surface area (Å²) in [5, 5.41) is 3.25. The molecule has 0 saturated heterocycles. The molecule has 0 aliphatic heterocycles. The lowest BCUT2D eigenvalue weighted by atomic mass is 10.3. The Morgan fingerprint density at radius 2 is 1.96 bits per heavy atom. The molecule has 3 heterocycles. The molecular weight excluding hydrogens is 362 g/mol. The number of hydrogen-bond acceptors (Lipinski definition) is 6. The van der Waals surface area contributed by atoms with Crippen molar-refractivity contribution in [1.82, 2.24) is 19.5 Å². The second kappa shape index (κ2) is 7.08. The zero-order chi connectivity index (χ0) is 18.8. The Kier molecular flexibility index (Phi) is 4.47. The van der Waals surface area contributed by atoms with Crippen LogP contribution in [0.25, 0.3) is 21.6 Å². The number of thiazole rings is 1. The predicted octanol–water partition coefficient (Wildman–Crippen LogP) is 2.86. The summed E-state index contributed by atoms with van der Waals surface area (Å²) >= 11 is 1.35. The van der Waals surface area contributed by atoms with Crippen LogP contribution in [-0.2, 0) is 11.3 Å². The Bertz CT molecular complexity index is 1180. The smallest absolute Gasteiger partial charge is 0.269 e. The molecule has 8 heteroatoms. The summed E-state index contributed by atoms with van der Waals surface area (Å²) in [5.74, 6) is -0.324. The molecule has 0 spiro atoms. The van der Waals surface area contributed by atoms with E-state index in [0.717, 1.165) is 16.3 Å². The van der Waals surface area contributed by atoms with Crippen molar-refractivity contribution in [1.29, 1.82) is 0 Å². The molecule has 0 radical (unpaired) electrons. The fourth-order valence-electron chi connectivity index (χ4n) is 2.76. The molecule has 3 aromatic heterocycles. The van der Waals surface area contributed by atoms with E-state index in [1.54, 1.807) is 24.4 Å². The number of pyridine rings is 1. The molecule has 0 bridgehead atoms. The number of benzene rings is 1. The molecule has 1 aromatic carbocycles. The Hall–Kier alpha value is -3.39. The van der Waals surface area contributed by atoms with Crippen molar-refractivity contribution in [2.45, 2.75) is 13.5 Å². The van der Waals surface area contributed by atoms with Gasteiger partial charge in [-0.1, -0.05) is 29.5 Å². The molecule has 0 aliphatic carbocycles. The number of para-hydroxylation sites is 2. The van der Waals surface area contributed by atoms with Crippen LogP contribution >= 0.6 is 11.3 Å². The molecule has 0 aliphatic rings. The number of rotatable bonds is 4. The third-order valence-electron chi connectivity index (χ3n) is 3.99. The standard InChI is InChI=1S/C19H15N5O2S/c1-12-18(14-7-4-5-9-20-14)27-19(22-12)23-16(25)11-24-15-8-3-2-6-13(15)21-10-17(24)26/h2-10H,11H2,1H3,(H,22,23,25). The number of amides is 1. The van der Waals surface area contributed by atoms with E-state index >= 15 is 0 Å². The Labute approximate surface area is 158 Å². The van der Waals surface area contributed by atoms with Gasteiger partial charge < -0.3 is 5.32 Å². The monoisotopic (exact) mass is 377 g/mol. The quantitative estimate of drug-likeness (QED) is 0.591. The summed E-state index contributed by atoms with van der Waals surface area (Å²) in [7, 11) is 0. The highest BCUT2D eigenvalue weighted by Gasteiger charge is 2.14. The number of nitrogens with zero attached hydrogens (tertiary/aromatic N) is 4. The summed E-state index contributed by atoms with van der Waals surface area (Å²) in [6.45, 7) is 1.76. The number of hydrogen-bond donors (Lipinski definition) is 1. The van der Waals surface area contributed by atoms with Crippen LogP contribution in [0.3, 0.4) is 0 Å². The largest absolute Gasteiger partial charge is 0.300 e. The summed E-state index contributed by atoms with van der Waals surface area (Å²) in [6, 6.07) is 12.9. The number of anilines is 1. The molecule has 4 rings (SSSR count). The molecule has 0 unspecified atom stereocenters. The van der Waals surface area contributed by atoms with Gasteiger partial charge in [0.25, 0.3) is 5.56 Å². The first-order chi connectivity index (χ1) is 13.1. The third-order valence-corrected chi connectivity index (χ3v) is 5.09. The summed E-state index contributed by atoms with van der Waals surface area (Å²) in [6.07, 6.45) is 2.94. The lowest BCUT2D eigenvalue weighted by Crippen LogP contribution is -2.27. The first-order valence-electron chi connectivity index (χ1n) is 8.25. The van der Waals surface area contributed by atoms with Gasteiger partial charge in [0, 0.05) is 6.20 Å². The molecule has 1 N–H and O–H groups in total. The van der Waals surface area contributed by atoms with E-state index in [1.165, 1.54) is 22.1 Å². The van der Waals surface area contributed by atoms with Crippen molar-refractivity contribution < 1.29 is 4.79 Å². The highest BCUT2D eigenvalue weighted by Crippen LogP contribution is 2.31. The van der Waals surface area contributed by atoms with Crippen molar-refractivity contribution in [2.75, 3.05) is 5.32 Å². The number of carbonyl (C=O) groups is 1. The zero-order valence-corrected chi connectivity index (χ0v) is 15.2. The fourth-order valence-corrected chi connectivity index (χ4v) is 3.72. The number of carbonyl (C=O) groups excluding carboxylic acids is 1. The van der Waals surface area contributed by atoms with E-state index in [9.17, 15) is 9.59 Å². The fraction of sp³-hybridized carbons (Fsp3) is 0.105. The van der Waals surface area contributed by atoms with E-state index in [0.29, 0.717) is 16.2 Å². The van der Waals surface area contributed by atoms with E-state index in [1.807, 2.05) is 31.2 Å². The maximum Gasteiger partial charge on any atom is 0.269 e. The minimum atomic E-state index is -0.326. The third kappa shape index (κ3) is 3.47. The first kappa shape index (κ1) is 17.0. The van der Waals surface area contributed by atoms with Crippen molar-refractivity contribution in [3.8, 4) is 10.6 Å². The average Bonchev–Trinajstić information content (AvgIpc) is 3.05. The van der Waals surface area contributed by atoms with Gasteiger partial charge in [-0.05, 0) is 31.2 Å². The van der Waals surface area contributed by atoms with Crippen LogP contribution in [0, 0.1) is 6.92 Å². The van der Waals surface area contributed by atoms with Crippen LogP contribution in [0.15, 0.2) is 59.7 Å². The first-order valence-corrected chi connectivity index (χ1v) is 9.07. The minimum absolute atomic E-state index is 0.112. The Morgan fingerprint density at radius 3 is 2.78 bits per heavy atom. The lowest BCUT2D eigenvalue weighted by Gasteiger charge is -2.08. The molecular formula is C19H15N5O2S. The normalized spacial score (nSPS) is 10.9. The van der Waals surface area contributed by atoms with E-state index < -0.39 is 0 Å². The van der Waals surface area contributed by atoms with Gasteiger partial charge in [-0.2, -0.15) is 0 Å². The highest BCUT2D eigenvalue weighted by atomic mass is 32.1. The van der Waals surface area contributed by atoms with E-state index in [2.05, 4.69) is 20.3 Å². The Balaban J connectivity index is 1.58. The molecule has 1 amide bonds. The average molecular weight is 377 g/mol. The van der Waals surface area contributed by atoms with E-state index in [4.69, 9.17) is 0 Å². The molecule has 0 fully saturated rings. The van der Waals surface area contributed by atoms with Crippen molar-refractivity contribution in [3.05, 3.63) is 70.9 Å². The van der Waals surface area contributed by atoms with Gasteiger partial charge in [-0.15, -0.1) is 0 Å². The predicted molar refractivity (Wildman–Crippen MR) is 105 cm³/mol. The minimum Gasteiger partial charge on any atom is -0.300 e. The molecule has 7 nitrogen and oxygen atoms in total. The van der Waals surface area contributed by atoms with Gasteiger partial charge in [0.15, 0.2) is 5.13 Å². The van der Waals surface area contributed by atoms with E-state index in [-0.39, 0.29) is 18.0 Å². The SMILES string of the molecule is Cc1nc(NC(=O)Cn2c(=O)cnc3ccccc32)sc1-c1ccccn1. The van der Waals surface area contributed by atoms with Crippen LogP contribution in [0.2, 0.25) is 0 Å². The summed E-state index contributed by atoms with van der Waals surface area (Å²) < 4.78 is 1.40. The second-order valence-corrected chi connectivity index (χ2v) is 6.87. The molecule has 0 atom stereocenters. The lowest BCUT2D eigenvalue weighted by molar-refractivity contribution is -0.116. The van der Waals surface area contributed by atoms with Gasteiger partial charge in [0.2, 0.25) is 5.91 Å². The molecule has 0 saturated carbocycles. The van der Waals surface area contributed by atoms with Gasteiger partial charge >= 0.3 is 0 Å². The van der Waals surface area contributed by atoms with Crippen LogP contribution in [0.1, 0.15) is 5.69 Å². The highest BCUT2D eigenvalue weighted by molar-refractivity contribution is 7.19. The van der Waals surface area contributed by atoms with Crippen LogP contribution in [-0.4, -0.2) is 25.4 Å². The number of fused-ring (bicyclic) bond motifs is 1. The number of nitrogens with one attached hydrogen (secondary N) is 1. The van der Waals surface area contributed by atoms with Crippen LogP contribution < -0.4 is 10.9 Å². The van der Waals surface area contributed by atoms with Crippen molar-refractivity contribution >= 4 is 33.4 Å². The maximum absolute atomic E-state index is 12.5. The number of aromatic nitrogens is 4. The second-order valence-electron chi connectivity index (χ2n) is 5.87. The molecule has 134 valence electrons. The number of aryl methyl sites for hydroxylation is 1. The summed E-state index contributed by atoms with van der Waals surface area (Å²) in [5.41, 5.74) is 2.55. The maximum atomic E-state index is 12.5. The van der Waals surface area contributed by atoms with Gasteiger partial charge in [-0.25, -0.2) is 9.97 Å². The summed E-state index contributed by atoms with van der Waals surface area (Å²) in [4.78, 5) is 38.4. The topological polar surface area (TPSA) is 89.8 Å². The van der Waals surface area contributed by atoms with Gasteiger partial charge in [0.05, 0.1) is 33.5 Å². The van der Waals surface area contributed by atoms with Gasteiger partial charge in [0.1, 0.15) is 6.54 Å². The molecule has 4 aromatic rings. The molecule has 27 heavy (non-hydrogen) atoms. The zero-order valence-electron chi connectivity index (χ0n) is 14.4. The van der Waals surface area contributed by atoms with Crippen LogP contribution in [0.5, 0.6) is 0 Å². The Morgan fingerprint density at radius 1 is 1.15 bits per heavy atom. The van der Waals surface area contributed by atoms with Crippen molar-refractivity contribution in [3.63, 3.8) is 0 Å². The van der Waals surface area contributed by atoms with Crippen LogP contribution in [0.4, 0.5) is 5.13 Å². The van der Waals surface area contributed by atoms with Gasteiger partial charge in [-0.3, -0.25) is 19.1 Å².